The molecule has 0 saturated carbocycles. The van der Waals surface area contributed by atoms with Gasteiger partial charge in [-0.25, -0.2) is 0 Å². The maximum atomic E-state index is 5.98. The summed E-state index contributed by atoms with van der Waals surface area (Å²) >= 11 is 0. The van der Waals surface area contributed by atoms with Gasteiger partial charge < -0.3 is 15.9 Å². The van der Waals surface area contributed by atoms with Crippen LogP contribution in [0.3, 0.4) is 0 Å². The number of benzene rings is 1. The van der Waals surface area contributed by atoms with E-state index < -0.39 is 0 Å². The van der Waals surface area contributed by atoms with E-state index in [1.165, 1.54) is 5.56 Å². The second kappa shape index (κ2) is 4.99. The van der Waals surface area contributed by atoms with Crippen molar-refractivity contribution in [2.45, 2.75) is 19.5 Å². The van der Waals surface area contributed by atoms with Gasteiger partial charge in [0, 0.05) is 18.7 Å². The molecule has 0 unspecified atom stereocenters. The average Bonchev–Trinajstić information content (AvgIpc) is 2.85. The van der Waals surface area contributed by atoms with Gasteiger partial charge in [0.2, 0.25) is 11.7 Å². The van der Waals surface area contributed by atoms with Crippen molar-refractivity contribution in [1.29, 1.82) is 0 Å². The van der Waals surface area contributed by atoms with Crippen molar-refractivity contribution >= 4 is 22.9 Å². The minimum Gasteiger partial charge on any atom is -0.441 e. The lowest BCUT2D eigenvalue weighted by atomic mass is 10.0. The summed E-state index contributed by atoms with van der Waals surface area (Å²) in [5.74, 6) is 1.48. The zero-order valence-corrected chi connectivity index (χ0v) is 12.1. The summed E-state index contributed by atoms with van der Waals surface area (Å²) < 4.78 is 5.87. The Bertz CT molecular complexity index is 827. The Hall–Kier alpha value is -2.60. The van der Waals surface area contributed by atoms with E-state index in [2.05, 4.69) is 39.1 Å². The standard InChI is InChI=1S/C16H17N5O/c17-14-13-11-6-7-21(8-10-4-2-1-3-5-10)9-12(11)22-15(13)20-16(18)19-14/h1-5H,6-9H2,(H4,17,18,19,20). The SMILES string of the molecule is Nc1nc(N)c2c3c(oc2n1)CN(Cc1ccccc1)CC3. The Labute approximate surface area is 127 Å². The minimum atomic E-state index is 0.150. The minimum absolute atomic E-state index is 0.150. The van der Waals surface area contributed by atoms with E-state index in [9.17, 15) is 0 Å². The van der Waals surface area contributed by atoms with E-state index in [0.29, 0.717) is 11.5 Å². The number of nitrogens with zero attached hydrogens (tertiary/aromatic N) is 3. The van der Waals surface area contributed by atoms with E-state index >= 15 is 0 Å². The van der Waals surface area contributed by atoms with Gasteiger partial charge in [0.25, 0.3) is 0 Å². The third kappa shape index (κ3) is 2.17. The molecule has 22 heavy (non-hydrogen) atoms. The number of aromatic nitrogens is 2. The second-order valence-electron chi connectivity index (χ2n) is 5.60. The number of furan rings is 1. The molecule has 0 aliphatic carbocycles. The van der Waals surface area contributed by atoms with Gasteiger partial charge in [0.1, 0.15) is 11.6 Å². The highest BCUT2D eigenvalue weighted by molar-refractivity contribution is 5.89. The van der Waals surface area contributed by atoms with Gasteiger partial charge in [-0.1, -0.05) is 30.3 Å². The van der Waals surface area contributed by atoms with Crippen LogP contribution in [0.1, 0.15) is 16.9 Å². The number of hydrogen-bond acceptors (Lipinski definition) is 6. The van der Waals surface area contributed by atoms with E-state index in [0.717, 1.165) is 42.8 Å². The summed E-state index contributed by atoms with van der Waals surface area (Å²) in [5, 5.41) is 0.823. The molecule has 1 aromatic carbocycles. The van der Waals surface area contributed by atoms with E-state index in [-0.39, 0.29) is 5.95 Å². The molecule has 1 aliphatic heterocycles. The molecule has 1 aliphatic rings. The number of nitrogens with two attached hydrogens (primary N) is 2. The lowest BCUT2D eigenvalue weighted by Gasteiger charge is -2.25. The summed E-state index contributed by atoms with van der Waals surface area (Å²) in [5.41, 5.74) is 14.5. The topological polar surface area (TPSA) is 94.2 Å². The van der Waals surface area contributed by atoms with Gasteiger partial charge >= 0.3 is 0 Å². The molecule has 0 amide bonds. The predicted octanol–water partition coefficient (Wildman–Crippen LogP) is 1.95. The van der Waals surface area contributed by atoms with Crippen LogP contribution in [0.5, 0.6) is 0 Å². The van der Waals surface area contributed by atoms with Gasteiger partial charge in [-0.2, -0.15) is 9.97 Å². The first kappa shape index (κ1) is 13.1. The lowest BCUT2D eigenvalue weighted by molar-refractivity contribution is 0.223. The van der Waals surface area contributed by atoms with Crippen LogP contribution in [0.15, 0.2) is 34.7 Å². The molecule has 6 heteroatoms. The molecular formula is C16H17N5O. The van der Waals surface area contributed by atoms with Crippen molar-refractivity contribution in [2.24, 2.45) is 0 Å². The monoisotopic (exact) mass is 295 g/mol. The highest BCUT2D eigenvalue weighted by Crippen LogP contribution is 2.33. The fourth-order valence-corrected chi connectivity index (χ4v) is 3.07. The molecular weight excluding hydrogens is 278 g/mol. The van der Waals surface area contributed by atoms with Crippen molar-refractivity contribution in [3.8, 4) is 0 Å². The van der Waals surface area contributed by atoms with Gasteiger partial charge in [-0.05, 0) is 12.0 Å². The number of fused-ring (bicyclic) bond motifs is 3. The number of anilines is 2. The smallest absolute Gasteiger partial charge is 0.233 e. The molecule has 4 rings (SSSR count). The molecule has 2 aromatic heterocycles. The third-order valence-electron chi connectivity index (χ3n) is 4.07. The maximum absolute atomic E-state index is 5.98. The second-order valence-corrected chi connectivity index (χ2v) is 5.60. The third-order valence-corrected chi connectivity index (χ3v) is 4.07. The first-order valence-electron chi connectivity index (χ1n) is 7.30. The zero-order chi connectivity index (χ0) is 15.1. The van der Waals surface area contributed by atoms with Gasteiger partial charge in [-0.15, -0.1) is 0 Å². The Morgan fingerprint density at radius 3 is 2.77 bits per heavy atom. The van der Waals surface area contributed by atoms with Crippen LogP contribution in [0.2, 0.25) is 0 Å². The molecule has 3 aromatic rings. The Morgan fingerprint density at radius 2 is 1.95 bits per heavy atom. The molecule has 0 atom stereocenters. The molecule has 3 heterocycles. The van der Waals surface area contributed by atoms with Gasteiger partial charge in [-0.3, -0.25) is 4.90 Å². The molecule has 0 radical (unpaired) electrons. The predicted molar refractivity (Wildman–Crippen MR) is 84.9 cm³/mol. The molecule has 0 saturated heterocycles. The van der Waals surface area contributed by atoms with Crippen molar-refractivity contribution in [1.82, 2.24) is 14.9 Å². The first-order chi connectivity index (χ1) is 10.7. The van der Waals surface area contributed by atoms with E-state index in [4.69, 9.17) is 15.9 Å². The Kier molecular flexibility index (Phi) is 2.97. The fourth-order valence-electron chi connectivity index (χ4n) is 3.07. The van der Waals surface area contributed by atoms with E-state index in [1.54, 1.807) is 0 Å². The van der Waals surface area contributed by atoms with Crippen LogP contribution in [-0.2, 0) is 19.5 Å². The van der Waals surface area contributed by atoms with Crippen LogP contribution in [-0.4, -0.2) is 21.4 Å². The van der Waals surface area contributed by atoms with Crippen molar-refractivity contribution < 1.29 is 4.42 Å². The Balaban J connectivity index is 1.65. The number of hydrogen-bond donors (Lipinski definition) is 2. The highest BCUT2D eigenvalue weighted by Gasteiger charge is 2.25. The van der Waals surface area contributed by atoms with E-state index in [1.807, 2.05) is 6.07 Å². The van der Waals surface area contributed by atoms with Crippen molar-refractivity contribution in [3.05, 3.63) is 47.2 Å². The zero-order valence-electron chi connectivity index (χ0n) is 12.1. The van der Waals surface area contributed by atoms with Gasteiger partial charge in [0.05, 0.1) is 11.9 Å². The highest BCUT2D eigenvalue weighted by atomic mass is 16.3. The van der Waals surface area contributed by atoms with Crippen LogP contribution in [0.25, 0.3) is 11.1 Å². The first-order valence-corrected chi connectivity index (χ1v) is 7.30. The van der Waals surface area contributed by atoms with Crippen LogP contribution >= 0.6 is 0 Å². The fraction of sp³-hybridized carbons (Fsp3) is 0.250. The molecule has 4 N–H and O–H groups in total. The summed E-state index contributed by atoms with van der Waals surface area (Å²) in [6.07, 6.45) is 0.882. The summed E-state index contributed by atoms with van der Waals surface area (Å²) in [7, 11) is 0. The van der Waals surface area contributed by atoms with Crippen LogP contribution < -0.4 is 11.5 Å². The Morgan fingerprint density at radius 1 is 1.14 bits per heavy atom. The summed E-state index contributed by atoms with van der Waals surface area (Å²) in [6, 6.07) is 10.4. The summed E-state index contributed by atoms with van der Waals surface area (Å²) in [6.45, 7) is 2.61. The van der Waals surface area contributed by atoms with Crippen LogP contribution in [0, 0.1) is 0 Å². The summed E-state index contributed by atoms with van der Waals surface area (Å²) in [4.78, 5) is 10.5. The van der Waals surface area contributed by atoms with Crippen molar-refractivity contribution in [2.75, 3.05) is 18.0 Å². The average molecular weight is 295 g/mol. The lowest BCUT2D eigenvalue weighted by Crippen LogP contribution is -2.29. The largest absolute Gasteiger partial charge is 0.441 e. The molecule has 6 nitrogen and oxygen atoms in total. The number of nitrogen functional groups attached to an aromatic ring is 2. The molecule has 112 valence electrons. The van der Waals surface area contributed by atoms with Crippen molar-refractivity contribution in [3.63, 3.8) is 0 Å². The molecule has 0 spiro atoms. The molecule has 0 bridgehead atoms. The molecule has 0 fully saturated rings. The maximum Gasteiger partial charge on any atom is 0.233 e. The normalized spacial score (nSPS) is 15.1. The number of rotatable bonds is 2. The quantitative estimate of drug-likeness (QED) is 0.750. The van der Waals surface area contributed by atoms with Gasteiger partial charge in [0.15, 0.2) is 0 Å². The van der Waals surface area contributed by atoms with Crippen LogP contribution in [0.4, 0.5) is 11.8 Å².